The number of anilines is 3. The van der Waals surface area contributed by atoms with Crippen molar-refractivity contribution in [2.24, 2.45) is 0 Å². The molecule has 3 nitrogen and oxygen atoms in total. The van der Waals surface area contributed by atoms with E-state index < -0.39 is 0 Å². The van der Waals surface area contributed by atoms with Gasteiger partial charge in [0.25, 0.3) is 0 Å². The fourth-order valence-corrected chi connectivity index (χ4v) is 8.28. The first-order valence-electron chi connectivity index (χ1n) is 16.5. The van der Waals surface area contributed by atoms with Crippen LogP contribution in [0.2, 0.25) is 0 Å². The average Bonchev–Trinajstić information content (AvgIpc) is 3.78. The number of rotatable bonds is 5. The van der Waals surface area contributed by atoms with Gasteiger partial charge >= 0.3 is 0 Å². The summed E-state index contributed by atoms with van der Waals surface area (Å²) < 4.78 is 9.23. The Bertz CT molecular complexity index is 2820. The van der Waals surface area contributed by atoms with Gasteiger partial charge in [-0.3, -0.25) is 0 Å². The Kier molecular flexibility index (Phi) is 6.36. The normalized spacial score (nSPS) is 11.7. The van der Waals surface area contributed by atoms with Crippen LogP contribution in [0.25, 0.3) is 75.4 Å². The predicted octanol–water partition coefficient (Wildman–Crippen LogP) is 13.3. The summed E-state index contributed by atoms with van der Waals surface area (Å²) in [5, 5.41) is 7.06. The summed E-state index contributed by atoms with van der Waals surface area (Å²) in [7, 11) is 0. The molecule has 0 aliphatic carbocycles. The summed E-state index contributed by atoms with van der Waals surface area (Å²) in [5.41, 5.74) is 8.27. The van der Waals surface area contributed by atoms with E-state index in [1.165, 1.54) is 20.2 Å². The third-order valence-electron chi connectivity index (χ3n) is 9.45. The first-order chi connectivity index (χ1) is 24.3. The van der Waals surface area contributed by atoms with E-state index in [-0.39, 0.29) is 0 Å². The van der Waals surface area contributed by atoms with Gasteiger partial charge in [-0.2, -0.15) is 0 Å². The van der Waals surface area contributed by atoms with Gasteiger partial charge in [-0.25, -0.2) is 4.98 Å². The topological polar surface area (TPSA) is 29.3 Å². The van der Waals surface area contributed by atoms with Crippen LogP contribution in [0, 0.1) is 0 Å². The highest BCUT2D eigenvalue weighted by Crippen LogP contribution is 2.44. The molecule has 0 bridgehead atoms. The highest BCUT2D eigenvalue weighted by molar-refractivity contribution is 7.25. The molecule has 0 fully saturated rings. The zero-order chi connectivity index (χ0) is 32.3. The minimum Gasteiger partial charge on any atom is -0.435 e. The van der Waals surface area contributed by atoms with Gasteiger partial charge in [-0.05, 0) is 100 Å². The average molecular weight is 645 g/mol. The predicted molar refractivity (Wildman–Crippen MR) is 207 cm³/mol. The summed E-state index contributed by atoms with van der Waals surface area (Å²) in [5.74, 6) is 0.629. The van der Waals surface area contributed by atoms with Gasteiger partial charge in [0, 0.05) is 48.2 Å². The van der Waals surface area contributed by atoms with Gasteiger partial charge in [0.1, 0.15) is 5.52 Å². The Balaban J connectivity index is 1.23. The van der Waals surface area contributed by atoms with Crippen molar-refractivity contribution in [1.29, 1.82) is 0 Å². The van der Waals surface area contributed by atoms with E-state index >= 15 is 0 Å². The number of para-hydroxylation sites is 1. The Morgan fingerprint density at radius 1 is 0.469 bits per heavy atom. The van der Waals surface area contributed by atoms with Gasteiger partial charge in [0.15, 0.2) is 5.58 Å². The van der Waals surface area contributed by atoms with Crippen LogP contribution in [0.4, 0.5) is 17.1 Å². The quantitative estimate of drug-likeness (QED) is 0.175. The number of hydrogen-bond acceptors (Lipinski definition) is 4. The molecule has 2 aromatic heterocycles. The lowest BCUT2D eigenvalue weighted by Crippen LogP contribution is -2.09. The van der Waals surface area contributed by atoms with E-state index in [4.69, 9.17) is 9.40 Å². The molecule has 0 spiro atoms. The van der Waals surface area contributed by atoms with E-state index in [2.05, 4.69) is 144 Å². The fraction of sp³-hybridized carbons (Fsp3) is 0. The molecule has 49 heavy (non-hydrogen) atoms. The summed E-state index contributed by atoms with van der Waals surface area (Å²) in [6, 6.07) is 60.3. The van der Waals surface area contributed by atoms with Crippen LogP contribution in [-0.2, 0) is 0 Å². The standard InChI is InChI=1S/C45H28N2OS/c1-4-12-29(13-5-1)38-27-31-26-33(20-22-35(31)43-37(38)23-24-40-44(43)48-45(46-40)30-14-6-2-7-15-30)47(32-16-8-3-9-17-32)34-21-25-42-39(28-34)36-18-10-11-19-41(36)49-42/h1-28H. The lowest BCUT2D eigenvalue weighted by molar-refractivity contribution is 0.623. The van der Waals surface area contributed by atoms with E-state index in [0.717, 1.165) is 66.4 Å². The zero-order valence-corrected chi connectivity index (χ0v) is 27.2. The minimum absolute atomic E-state index is 0.629. The molecule has 230 valence electrons. The highest BCUT2D eigenvalue weighted by Gasteiger charge is 2.19. The van der Waals surface area contributed by atoms with E-state index in [1.807, 2.05) is 41.7 Å². The second-order valence-electron chi connectivity index (χ2n) is 12.4. The van der Waals surface area contributed by atoms with Crippen LogP contribution in [0.3, 0.4) is 0 Å². The number of thiophene rings is 1. The lowest BCUT2D eigenvalue weighted by atomic mass is 9.92. The molecule has 8 aromatic carbocycles. The van der Waals surface area contributed by atoms with E-state index in [0.29, 0.717) is 5.89 Å². The number of nitrogens with zero attached hydrogens (tertiary/aromatic N) is 2. The molecule has 0 aliphatic heterocycles. The van der Waals surface area contributed by atoms with E-state index in [9.17, 15) is 0 Å². The van der Waals surface area contributed by atoms with Crippen molar-refractivity contribution < 1.29 is 4.42 Å². The van der Waals surface area contributed by atoms with Crippen LogP contribution >= 0.6 is 11.3 Å². The number of oxazole rings is 1. The minimum atomic E-state index is 0.629. The van der Waals surface area contributed by atoms with Crippen molar-refractivity contribution in [3.63, 3.8) is 0 Å². The molecule has 10 aromatic rings. The van der Waals surface area contributed by atoms with Gasteiger partial charge in [0.2, 0.25) is 5.89 Å². The number of fused-ring (bicyclic) bond motifs is 8. The Labute approximate surface area is 286 Å². The Hall–Kier alpha value is -6.23. The molecular formula is C45H28N2OS. The molecule has 4 heteroatoms. The van der Waals surface area contributed by atoms with Gasteiger partial charge < -0.3 is 9.32 Å². The van der Waals surface area contributed by atoms with Crippen molar-refractivity contribution in [1.82, 2.24) is 4.98 Å². The van der Waals surface area contributed by atoms with Crippen molar-refractivity contribution in [3.05, 3.63) is 170 Å². The fourth-order valence-electron chi connectivity index (χ4n) is 7.19. The van der Waals surface area contributed by atoms with Crippen molar-refractivity contribution >= 4 is 81.2 Å². The molecule has 0 saturated carbocycles. The van der Waals surface area contributed by atoms with Crippen LogP contribution in [-0.4, -0.2) is 4.98 Å². The maximum absolute atomic E-state index is 6.63. The molecule has 0 amide bonds. The van der Waals surface area contributed by atoms with Crippen molar-refractivity contribution in [2.45, 2.75) is 0 Å². The molecule has 0 radical (unpaired) electrons. The monoisotopic (exact) mass is 644 g/mol. The molecule has 0 atom stereocenters. The number of aromatic nitrogens is 1. The zero-order valence-electron chi connectivity index (χ0n) is 26.4. The molecule has 0 saturated heterocycles. The van der Waals surface area contributed by atoms with Crippen LogP contribution in [0.15, 0.2) is 174 Å². The molecule has 2 heterocycles. The second kappa shape index (κ2) is 11.2. The molecular weight excluding hydrogens is 617 g/mol. The third-order valence-corrected chi connectivity index (χ3v) is 10.6. The summed E-state index contributed by atoms with van der Waals surface area (Å²) in [6.07, 6.45) is 0. The second-order valence-corrected chi connectivity index (χ2v) is 13.5. The Morgan fingerprint density at radius 3 is 1.94 bits per heavy atom. The van der Waals surface area contributed by atoms with Crippen molar-refractivity contribution in [2.75, 3.05) is 4.90 Å². The molecule has 10 rings (SSSR count). The molecule has 0 N–H and O–H groups in total. The summed E-state index contributed by atoms with van der Waals surface area (Å²) >= 11 is 1.84. The van der Waals surface area contributed by atoms with Gasteiger partial charge in [-0.1, -0.05) is 97.1 Å². The molecule has 0 unspecified atom stereocenters. The Morgan fingerprint density at radius 2 is 1.12 bits per heavy atom. The molecule has 0 aliphatic rings. The first-order valence-corrected chi connectivity index (χ1v) is 17.3. The first kappa shape index (κ1) is 27.8. The van der Waals surface area contributed by atoms with Crippen LogP contribution in [0.1, 0.15) is 0 Å². The SMILES string of the molecule is c1ccc(-c2nc3ccc4c(-c5ccccc5)cc5cc(N(c6ccccc6)c6ccc7sc8ccccc8c7c6)ccc5c4c3o2)cc1. The van der Waals surface area contributed by atoms with Crippen molar-refractivity contribution in [3.8, 4) is 22.6 Å². The maximum Gasteiger partial charge on any atom is 0.227 e. The van der Waals surface area contributed by atoms with E-state index in [1.54, 1.807) is 0 Å². The number of benzene rings is 8. The van der Waals surface area contributed by atoms with Crippen LogP contribution in [0.5, 0.6) is 0 Å². The third kappa shape index (κ3) is 4.61. The number of hydrogen-bond donors (Lipinski definition) is 0. The van der Waals surface area contributed by atoms with Crippen LogP contribution < -0.4 is 4.90 Å². The smallest absolute Gasteiger partial charge is 0.227 e. The van der Waals surface area contributed by atoms with Gasteiger partial charge in [-0.15, -0.1) is 11.3 Å². The summed E-state index contributed by atoms with van der Waals surface area (Å²) in [4.78, 5) is 7.30. The lowest BCUT2D eigenvalue weighted by Gasteiger charge is -2.26. The largest absolute Gasteiger partial charge is 0.435 e. The highest BCUT2D eigenvalue weighted by atomic mass is 32.1. The summed E-state index contributed by atoms with van der Waals surface area (Å²) in [6.45, 7) is 0. The maximum atomic E-state index is 6.63. The van der Waals surface area contributed by atoms with Gasteiger partial charge in [0.05, 0.1) is 0 Å².